The van der Waals surface area contributed by atoms with Gasteiger partial charge in [-0.05, 0) is 25.0 Å². The van der Waals surface area contributed by atoms with Gasteiger partial charge >= 0.3 is 0 Å². The van der Waals surface area contributed by atoms with Gasteiger partial charge in [0.15, 0.2) is 6.54 Å². The lowest BCUT2D eigenvalue weighted by Crippen LogP contribution is -2.88. The SMILES string of the molecule is C[C@H]1Cc2ccccc2N1C(=O)C[NH2+]C(c1ccccc1)c1ccccc1. The molecule has 3 nitrogen and oxygen atoms in total. The number of quaternary nitrogens is 1. The molecule has 0 aliphatic carbocycles. The highest BCUT2D eigenvalue weighted by Gasteiger charge is 2.32. The van der Waals surface area contributed by atoms with Crippen LogP contribution in [-0.2, 0) is 11.2 Å². The molecule has 0 radical (unpaired) electrons. The molecule has 3 heteroatoms. The Hall–Kier alpha value is -2.91. The van der Waals surface area contributed by atoms with Crippen molar-refractivity contribution in [3.05, 3.63) is 102 Å². The highest BCUT2D eigenvalue weighted by molar-refractivity contribution is 5.96. The minimum absolute atomic E-state index is 0.115. The fraction of sp³-hybridized carbons (Fsp3) is 0.208. The molecule has 0 aromatic heterocycles. The zero-order valence-corrected chi connectivity index (χ0v) is 15.6. The molecule has 3 aromatic carbocycles. The summed E-state index contributed by atoms with van der Waals surface area (Å²) in [4.78, 5) is 15.1. The summed E-state index contributed by atoms with van der Waals surface area (Å²) in [5, 5.41) is 2.15. The van der Waals surface area contributed by atoms with E-state index in [0.717, 1.165) is 12.1 Å². The quantitative estimate of drug-likeness (QED) is 0.747. The van der Waals surface area contributed by atoms with Crippen molar-refractivity contribution in [1.82, 2.24) is 0 Å². The van der Waals surface area contributed by atoms with Gasteiger partial charge in [0.05, 0.1) is 0 Å². The van der Waals surface area contributed by atoms with Crippen molar-refractivity contribution in [2.45, 2.75) is 25.4 Å². The van der Waals surface area contributed by atoms with E-state index in [0.29, 0.717) is 6.54 Å². The van der Waals surface area contributed by atoms with Crippen molar-refractivity contribution in [1.29, 1.82) is 0 Å². The van der Waals surface area contributed by atoms with Crippen LogP contribution in [0.25, 0.3) is 0 Å². The second-order valence-corrected chi connectivity index (χ2v) is 7.18. The first kappa shape index (κ1) is 17.5. The van der Waals surface area contributed by atoms with Crippen LogP contribution in [0.4, 0.5) is 5.69 Å². The molecule has 1 atom stereocenters. The van der Waals surface area contributed by atoms with Crippen LogP contribution in [0.15, 0.2) is 84.9 Å². The zero-order chi connectivity index (χ0) is 18.6. The summed E-state index contributed by atoms with van der Waals surface area (Å²) in [5.74, 6) is 0.171. The van der Waals surface area contributed by atoms with Crippen LogP contribution in [0, 0.1) is 0 Å². The topological polar surface area (TPSA) is 36.9 Å². The van der Waals surface area contributed by atoms with Gasteiger partial charge in [-0.25, -0.2) is 0 Å². The van der Waals surface area contributed by atoms with Gasteiger partial charge in [-0.15, -0.1) is 0 Å². The van der Waals surface area contributed by atoms with Crippen LogP contribution >= 0.6 is 0 Å². The Balaban J connectivity index is 1.54. The van der Waals surface area contributed by atoms with E-state index in [1.807, 2.05) is 29.2 Å². The molecule has 1 heterocycles. The molecule has 1 aliphatic rings. The third-order valence-electron chi connectivity index (χ3n) is 5.32. The predicted molar refractivity (Wildman–Crippen MR) is 109 cm³/mol. The summed E-state index contributed by atoms with van der Waals surface area (Å²) >= 11 is 0. The third kappa shape index (κ3) is 3.64. The maximum absolute atomic E-state index is 13.1. The summed E-state index contributed by atoms with van der Waals surface area (Å²) in [5.41, 5.74) is 4.76. The number of para-hydroxylation sites is 1. The summed E-state index contributed by atoms with van der Waals surface area (Å²) in [6.07, 6.45) is 0.933. The molecule has 0 spiro atoms. The lowest BCUT2D eigenvalue weighted by atomic mass is 9.99. The molecule has 0 saturated heterocycles. The number of carbonyl (C=O) groups excluding carboxylic acids is 1. The van der Waals surface area contributed by atoms with Crippen molar-refractivity contribution in [2.75, 3.05) is 11.4 Å². The van der Waals surface area contributed by atoms with Crippen molar-refractivity contribution >= 4 is 11.6 Å². The Morgan fingerprint density at radius 1 is 0.926 bits per heavy atom. The summed E-state index contributed by atoms with van der Waals surface area (Å²) < 4.78 is 0. The maximum Gasteiger partial charge on any atom is 0.282 e. The Labute approximate surface area is 160 Å². The van der Waals surface area contributed by atoms with Crippen molar-refractivity contribution in [3.8, 4) is 0 Å². The number of hydrogen-bond donors (Lipinski definition) is 1. The van der Waals surface area contributed by atoms with Gasteiger partial charge in [-0.2, -0.15) is 0 Å². The molecule has 1 amide bonds. The van der Waals surface area contributed by atoms with E-state index < -0.39 is 0 Å². The average Bonchev–Trinajstić information content (AvgIpc) is 3.05. The molecule has 27 heavy (non-hydrogen) atoms. The smallest absolute Gasteiger partial charge is 0.282 e. The maximum atomic E-state index is 13.1. The highest BCUT2D eigenvalue weighted by atomic mass is 16.2. The van der Waals surface area contributed by atoms with E-state index in [4.69, 9.17) is 0 Å². The van der Waals surface area contributed by atoms with Gasteiger partial charge in [-0.1, -0.05) is 78.9 Å². The second-order valence-electron chi connectivity index (χ2n) is 7.18. The summed E-state index contributed by atoms with van der Waals surface area (Å²) in [6.45, 7) is 2.55. The average molecular weight is 357 g/mol. The molecule has 4 rings (SSSR count). The number of hydrogen-bond acceptors (Lipinski definition) is 1. The van der Waals surface area contributed by atoms with Crippen molar-refractivity contribution in [3.63, 3.8) is 0 Å². The zero-order valence-electron chi connectivity index (χ0n) is 15.6. The van der Waals surface area contributed by atoms with Gasteiger partial charge in [0.2, 0.25) is 0 Å². The highest BCUT2D eigenvalue weighted by Crippen LogP contribution is 2.31. The lowest BCUT2D eigenvalue weighted by molar-refractivity contribution is -0.676. The lowest BCUT2D eigenvalue weighted by Gasteiger charge is -2.23. The molecule has 2 N–H and O–H groups in total. The molecule has 3 aromatic rings. The number of fused-ring (bicyclic) bond motifs is 1. The largest absolute Gasteiger partial charge is 0.328 e. The van der Waals surface area contributed by atoms with Gasteiger partial charge in [0.1, 0.15) is 6.04 Å². The Kier molecular flexibility index (Phi) is 5.03. The molecule has 1 aliphatic heterocycles. The van der Waals surface area contributed by atoms with Crippen molar-refractivity contribution in [2.24, 2.45) is 0 Å². The van der Waals surface area contributed by atoms with Crippen LogP contribution in [0.1, 0.15) is 29.7 Å². The van der Waals surface area contributed by atoms with Crippen molar-refractivity contribution < 1.29 is 10.1 Å². The normalized spacial score (nSPS) is 15.8. The number of benzene rings is 3. The van der Waals surface area contributed by atoms with Gasteiger partial charge in [0.25, 0.3) is 5.91 Å². The van der Waals surface area contributed by atoms with E-state index in [-0.39, 0.29) is 18.0 Å². The summed E-state index contributed by atoms with van der Waals surface area (Å²) in [6, 6.07) is 29.4. The first-order chi connectivity index (χ1) is 13.2. The first-order valence-corrected chi connectivity index (χ1v) is 9.57. The van der Waals surface area contributed by atoms with Gasteiger partial charge in [0, 0.05) is 22.9 Å². The van der Waals surface area contributed by atoms with E-state index >= 15 is 0 Å². The Morgan fingerprint density at radius 2 is 1.48 bits per heavy atom. The number of nitrogens with two attached hydrogens (primary N) is 1. The van der Waals surface area contributed by atoms with Crippen LogP contribution < -0.4 is 10.2 Å². The number of amides is 1. The molecule has 0 bridgehead atoms. The number of rotatable bonds is 5. The molecule has 0 fully saturated rings. The van der Waals surface area contributed by atoms with Gasteiger partial charge < -0.3 is 10.2 Å². The monoisotopic (exact) mass is 357 g/mol. The number of anilines is 1. The summed E-state index contributed by atoms with van der Waals surface area (Å²) in [7, 11) is 0. The Morgan fingerprint density at radius 3 is 2.11 bits per heavy atom. The number of carbonyl (C=O) groups is 1. The van der Waals surface area contributed by atoms with Crippen LogP contribution in [0.2, 0.25) is 0 Å². The van der Waals surface area contributed by atoms with E-state index in [2.05, 4.69) is 72.9 Å². The van der Waals surface area contributed by atoms with E-state index in [9.17, 15) is 4.79 Å². The molecule has 0 saturated carbocycles. The standard InChI is InChI=1S/C24H24N2O/c1-18-16-21-14-8-9-15-22(21)26(18)23(27)17-25-24(19-10-4-2-5-11-19)20-12-6-3-7-13-20/h2-15,18,24-25H,16-17H2,1H3/p+1/t18-/m0/s1. The van der Waals surface area contributed by atoms with E-state index in [1.54, 1.807) is 0 Å². The second kappa shape index (κ2) is 7.77. The third-order valence-corrected chi connectivity index (χ3v) is 5.32. The van der Waals surface area contributed by atoms with Crippen LogP contribution in [-0.4, -0.2) is 18.5 Å². The molecular weight excluding hydrogens is 332 g/mol. The Bertz CT molecular complexity index is 868. The fourth-order valence-electron chi connectivity index (χ4n) is 4.05. The molecule has 0 unspecified atom stereocenters. The number of nitrogens with zero attached hydrogens (tertiary/aromatic N) is 1. The molecule has 136 valence electrons. The van der Waals surface area contributed by atoms with Gasteiger partial charge in [-0.3, -0.25) is 4.79 Å². The minimum Gasteiger partial charge on any atom is -0.328 e. The van der Waals surface area contributed by atoms with Crippen LogP contribution in [0.5, 0.6) is 0 Å². The molecular formula is C24H25N2O+. The first-order valence-electron chi connectivity index (χ1n) is 9.57. The van der Waals surface area contributed by atoms with E-state index in [1.165, 1.54) is 16.7 Å². The van der Waals surface area contributed by atoms with Crippen LogP contribution in [0.3, 0.4) is 0 Å². The predicted octanol–water partition coefficient (Wildman–Crippen LogP) is 3.32. The minimum atomic E-state index is 0.115. The fourth-order valence-corrected chi connectivity index (χ4v) is 4.05.